The average molecular weight is 352 g/mol. The quantitative estimate of drug-likeness (QED) is 0.812. The normalized spacial score (nSPS) is 50.1. The summed E-state index contributed by atoms with van der Waals surface area (Å²) in [5.41, 5.74) is -2.15. The van der Waals surface area contributed by atoms with Crippen LogP contribution < -0.4 is 9.47 Å². The van der Waals surface area contributed by atoms with Crippen molar-refractivity contribution in [1.82, 2.24) is 4.90 Å². The van der Waals surface area contributed by atoms with E-state index in [0.717, 1.165) is 7.11 Å². The first-order valence-electron chi connectivity index (χ1n) is 17.0. The number of hydrogen-bond acceptors (Lipinski definition) is 4. The number of ketones is 1. The fourth-order valence-electron chi connectivity index (χ4n) is 2.36. The predicted molar refractivity (Wildman–Crippen MR) is 94.8 cm³/mol. The molecule has 0 amide bonds. The monoisotopic (exact) mass is 351 g/mol. The molecule has 2 aliphatic rings. The van der Waals surface area contributed by atoms with Crippen molar-refractivity contribution in [1.29, 1.82) is 0 Å². The SMILES string of the molecule is [2H]c1c(OC([2H])([2H])[2H])c(OC)c([2H])c2c1C1([2H])CC(=O)C(C([2H])([2H])C([2H])(C([2H])([2H])[2H])C([2H])([2H])C)C([2H])([2H])N1C([2H])([2H])C2([2H])[2H]. The van der Waals surface area contributed by atoms with Crippen LogP contribution in [0.4, 0.5) is 0 Å². The van der Waals surface area contributed by atoms with Crippen molar-refractivity contribution in [3.63, 3.8) is 0 Å². The van der Waals surface area contributed by atoms with Crippen LogP contribution in [0.5, 0.6) is 11.5 Å². The van der Waals surface area contributed by atoms with Crippen LogP contribution in [-0.4, -0.2) is 37.8 Å². The lowest BCUT2D eigenvalue weighted by atomic mass is 9.79. The van der Waals surface area contributed by atoms with E-state index in [1.165, 1.54) is 0 Å². The van der Waals surface area contributed by atoms with E-state index in [1.807, 2.05) is 0 Å². The Labute approximate surface area is 173 Å². The second kappa shape index (κ2) is 7.14. The van der Waals surface area contributed by atoms with Gasteiger partial charge in [-0.3, -0.25) is 9.69 Å². The molecule has 0 aliphatic carbocycles. The topological polar surface area (TPSA) is 38.8 Å². The van der Waals surface area contributed by atoms with Gasteiger partial charge in [0.2, 0.25) is 0 Å². The highest BCUT2D eigenvalue weighted by atomic mass is 16.5. The van der Waals surface area contributed by atoms with Crippen LogP contribution in [0.1, 0.15) is 77.5 Å². The Kier molecular flexibility index (Phi) is 1.55. The van der Waals surface area contributed by atoms with Crippen LogP contribution in [0.3, 0.4) is 0 Å². The fourth-order valence-corrected chi connectivity index (χ4v) is 2.36. The number of piperidine rings is 1. The lowest BCUT2D eigenvalue weighted by Gasteiger charge is -2.43. The van der Waals surface area contributed by atoms with E-state index in [0.29, 0.717) is 6.92 Å². The molecule has 1 aromatic rings. The largest absolute Gasteiger partial charge is 0.493 e. The highest BCUT2D eigenvalue weighted by molar-refractivity contribution is 5.83. The molecule has 0 saturated carbocycles. The molecule has 2 heterocycles. The number of carbonyl (C=O) groups is 1. The molecule has 1 saturated heterocycles. The summed E-state index contributed by atoms with van der Waals surface area (Å²) in [6.07, 6.45) is -12.4. The van der Waals surface area contributed by atoms with Crippen LogP contribution in [0.15, 0.2) is 12.1 Å². The molecule has 1 fully saturated rings. The third kappa shape index (κ3) is 3.16. The third-order valence-electron chi connectivity index (χ3n) is 3.55. The molecule has 3 rings (SSSR count). The van der Waals surface area contributed by atoms with E-state index in [-0.39, 0.29) is 4.90 Å². The van der Waals surface area contributed by atoms with E-state index in [4.69, 9.17) is 35.5 Å². The predicted octanol–water partition coefficient (Wildman–Crippen LogP) is 3.63. The maximum Gasteiger partial charge on any atom is 0.161 e. The van der Waals surface area contributed by atoms with Crippen LogP contribution in [0.25, 0.3) is 0 Å². The molecule has 0 aromatic heterocycles. The van der Waals surface area contributed by atoms with Gasteiger partial charge in [0, 0.05) is 50.5 Å². The van der Waals surface area contributed by atoms with Gasteiger partial charge in [-0.05, 0) is 41.9 Å². The fraction of sp³-hybridized carbons (Fsp3) is 0.650. The lowest BCUT2D eigenvalue weighted by Crippen LogP contribution is -2.46. The summed E-state index contributed by atoms with van der Waals surface area (Å²) in [4.78, 5) is 13.5. The van der Waals surface area contributed by atoms with Crippen molar-refractivity contribution in [3.05, 3.63) is 23.2 Å². The number of hydrogen-bond donors (Lipinski definition) is 0. The standard InChI is InChI=1S/C20H29NO3/c1-5-13(2)8-15-12-21-7-6-14-9-19(23-3)20(24-4)10-16(14)17(21)11-18(15)22/h9-10,13,15,17H,5-8,11-12H2,1-4H3/i2D3,4D3,5D2,6D2,7D2,8D2,9D,10D,12D2,13D,17D. The molecule has 0 radical (unpaired) electrons. The zero-order chi connectivity index (χ0) is 34.8. The molecule has 0 spiro atoms. The van der Waals surface area contributed by atoms with Crippen molar-refractivity contribution in [2.45, 2.75) is 45.3 Å². The van der Waals surface area contributed by atoms with Gasteiger partial charge in [-0.1, -0.05) is 20.1 Å². The third-order valence-corrected chi connectivity index (χ3v) is 3.55. The summed E-state index contributed by atoms with van der Waals surface area (Å²) < 4.78 is 176. The number of fused-ring (bicyclic) bond motifs is 3. The number of rotatable bonds is 5. The Balaban J connectivity index is 2.51. The minimum absolute atomic E-state index is 0.243. The van der Waals surface area contributed by atoms with Crippen LogP contribution >= 0.6 is 0 Å². The van der Waals surface area contributed by atoms with Crippen molar-refractivity contribution in [2.24, 2.45) is 11.8 Å². The van der Waals surface area contributed by atoms with Gasteiger partial charge in [-0.2, -0.15) is 0 Å². The molecular formula is C20H29NO3. The second-order valence-corrected chi connectivity index (χ2v) is 4.96. The van der Waals surface area contributed by atoms with Crippen LogP contribution in [-0.2, 0) is 11.2 Å². The smallest absolute Gasteiger partial charge is 0.161 e. The number of benzene rings is 1. The molecule has 4 nitrogen and oxygen atoms in total. The van der Waals surface area contributed by atoms with Gasteiger partial charge >= 0.3 is 0 Å². The minimum atomic E-state index is -3.98. The maximum absolute atomic E-state index is 13.7. The van der Waals surface area contributed by atoms with Gasteiger partial charge in [-0.15, -0.1) is 0 Å². The van der Waals surface area contributed by atoms with E-state index in [9.17, 15) is 6.17 Å². The van der Waals surface area contributed by atoms with Gasteiger partial charge in [0.05, 0.1) is 22.4 Å². The Morgan fingerprint density at radius 2 is 2.42 bits per heavy atom. The molecule has 132 valence electrons. The zero-order valence-electron chi connectivity index (χ0n) is 33.0. The summed E-state index contributed by atoms with van der Waals surface area (Å²) in [6.45, 7) is -11.0. The summed E-state index contributed by atoms with van der Waals surface area (Å²) in [5.74, 6) is -10.4. The molecular weight excluding hydrogens is 302 g/mol. The Morgan fingerprint density at radius 3 is 3.12 bits per heavy atom. The Hall–Kier alpha value is -1.55. The first kappa shape index (κ1) is 5.23. The number of methoxy groups -OCH3 is 2. The van der Waals surface area contributed by atoms with Gasteiger partial charge in [0.25, 0.3) is 0 Å². The average Bonchev–Trinajstić information content (AvgIpc) is 2.75. The van der Waals surface area contributed by atoms with E-state index in [2.05, 4.69) is 0 Å². The Morgan fingerprint density at radius 1 is 1.58 bits per heavy atom. The zero-order valence-corrected chi connectivity index (χ0v) is 13.0. The van der Waals surface area contributed by atoms with Crippen LogP contribution in [0.2, 0.25) is 0 Å². The second-order valence-electron chi connectivity index (χ2n) is 4.96. The van der Waals surface area contributed by atoms with Crippen molar-refractivity contribution >= 4 is 5.78 Å². The lowest BCUT2D eigenvalue weighted by molar-refractivity contribution is -0.129. The highest BCUT2D eigenvalue weighted by Crippen LogP contribution is 2.42. The summed E-state index contributed by atoms with van der Waals surface area (Å²) in [7, 11) is -2.41. The first-order chi connectivity index (χ1) is 19.2. The molecule has 0 bridgehead atoms. The van der Waals surface area contributed by atoms with Crippen molar-refractivity contribution in [2.75, 3.05) is 27.1 Å². The Bertz CT molecular complexity index is 1350. The molecule has 24 heavy (non-hydrogen) atoms. The van der Waals surface area contributed by atoms with Gasteiger partial charge < -0.3 is 9.47 Å². The number of ether oxygens (including phenoxy) is 2. The van der Waals surface area contributed by atoms with Gasteiger partial charge in [-0.25, -0.2) is 0 Å². The minimum Gasteiger partial charge on any atom is -0.493 e. The van der Waals surface area contributed by atoms with E-state index in [1.54, 1.807) is 0 Å². The molecule has 3 unspecified atom stereocenters. The van der Waals surface area contributed by atoms with Crippen molar-refractivity contribution in [3.8, 4) is 11.5 Å². The van der Waals surface area contributed by atoms with E-state index >= 15 is 0 Å². The summed E-state index contributed by atoms with van der Waals surface area (Å²) in [6, 6.07) is -5.50. The molecule has 1 aromatic carbocycles. The molecule has 0 N–H and O–H groups in total. The summed E-state index contributed by atoms with van der Waals surface area (Å²) >= 11 is 0. The maximum atomic E-state index is 13.7. The number of Topliss-reactive ketones (excluding diaryl/α,β-unsaturated/α-hetero) is 1. The molecule has 4 heteroatoms. The van der Waals surface area contributed by atoms with Gasteiger partial charge in [0.15, 0.2) is 11.5 Å². The molecule has 2 aliphatic heterocycles. The number of carbonyl (C=O) groups excluding carboxylic acids is 1. The first-order valence-corrected chi connectivity index (χ1v) is 6.97. The number of nitrogens with zero attached hydrogens (tertiary/aromatic N) is 1. The van der Waals surface area contributed by atoms with Gasteiger partial charge in [0.1, 0.15) is 5.78 Å². The summed E-state index contributed by atoms with van der Waals surface area (Å²) in [5, 5.41) is 0. The van der Waals surface area contributed by atoms with Crippen LogP contribution in [0, 0.1) is 11.8 Å². The highest BCUT2D eigenvalue weighted by Gasteiger charge is 2.38. The molecule has 3 atom stereocenters. The van der Waals surface area contributed by atoms with Crippen molar-refractivity contribution < 1.29 is 41.7 Å². The van der Waals surface area contributed by atoms with E-state index < -0.39 is 111 Å².